The molecule has 0 aliphatic heterocycles. The van der Waals surface area contributed by atoms with Crippen LogP contribution in [0.1, 0.15) is 33.1 Å². The molecule has 19 heavy (non-hydrogen) atoms. The Morgan fingerprint density at radius 2 is 1.58 bits per heavy atom. The highest BCUT2D eigenvalue weighted by Crippen LogP contribution is 2.47. The predicted octanol–water partition coefficient (Wildman–Crippen LogP) is 3.94. The fraction of sp³-hybridized carbons (Fsp3) is 0.900. The molecule has 2 nitrogen and oxygen atoms in total. The van der Waals surface area contributed by atoms with Crippen LogP contribution >= 0.6 is 0 Å². The van der Waals surface area contributed by atoms with E-state index in [1.54, 1.807) is 6.92 Å². The number of carbonyl (C=O) groups excluding carboxylic acids is 1. The van der Waals surface area contributed by atoms with Crippen molar-refractivity contribution in [1.82, 2.24) is 0 Å². The van der Waals surface area contributed by atoms with Gasteiger partial charge in [-0.15, -0.1) is 0 Å². The number of carbonyl (C=O) groups is 1. The van der Waals surface area contributed by atoms with Crippen molar-refractivity contribution in [2.45, 2.75) is 57.2 Å². The van der Waals surface area contributed by atoms with E-state index in [0.717, 1.165) is 6.92 Å². The van der Waals surface area contributed by atoms with Gasteiger partial charge in [0.1, 0.15) is 0 Å². The van der Waals surface area contributed by atoms with E-state index in [4.69, 9.17) is 0 Å². The van der Waals surface area contributed by atoms with Crippen molar-refractivity contribution in [3.05, 3.63) is 0 Å². The standard InChI is InChI=1S/C10H13F7O2/c1-3-4-5-6(2)19-7(18)8(11,12)9(13,14)10(15,16)17/h6H,3-5H2,1-2H3. The first kappa shape index (κ1) is 18.0. The Balaban J connectivity index is 4.87. The molecule has 0 spiro atoms. The monoisotopic (exact) mass is 298 g/mol. The van der Waals surface area contributed by atoms with E-state index in [2.05, 4.69) is 4.74 Å². The molecular weight excluding hydrogens is 285 g/mol. The number of alkyl halides is 7. The van der Waals surface area contributed by atoms with E-state index in [0.29, 0.717) is 12.8 Å². The third kappa shape index (κ3) is 3.97. The summed E-state index contributed by atoms with van der Waals surface area (Å²) in [6.07, 6.45) is -6.53. The molecule has 0 N–H and O–H groups in total. The van der Waals surface area contributed by atoms with Crippen molar-refractivity contribution in [2.75, 3.05) is 0 Å². The zero-order chi connectivity index (χ0) is 15.5. The summed E-state index contributed by atoms with van der Waals surface area (Å²) in [7, 11) is 0. The molecule has 114 valence electrons. The Bertz CT molecular complexity index is 311. The van der Waals surface area contributed by atoms with Gasteiger partial charge in [-0.05, 0) is 13.3 Å². The molecule has 0 saturated carbocycles. The summed E-state index contributed by atoms with van der Waals surface area (Å²) in [6.45, 7) is 2.87. The van der Waals surface area contributed by atoms with Crippen molar-refractivity contribution >= 4 is 5.97 Å². The van der Waals surface area contributed by atoms with Gasteiger partial charge in [-0.2, -0.15) is 30.7 Å². The third-order valence-corrected chi connectivity index (χ3v) is 2.28. The largest absolute Gasteiger partial charge is 0.460 e. The highest BCUT2D eigenvalue weighted by molar-refractivity contribution is 5.79. The SMILES string of the molecule is CCCCC(C)OC(=O)C(F)(F)C(F)(F)C(F)(F)F. The Kier molecular flexibility index (Phi) is 5.64. The lowest BCUT2D eigenvalue weighted by atomic mass is 10.1. The molecule has 0 saturated heterocycles. The maximum Gasteiger partial charge on any atom is 0.460 e. The smallest absolute Gasteiger partial charge is 0.458 e. The van der Waals surface area contributed by atoms with Crippen LogP contribution in [0.2, 0.25) is 0 Å². The minimum Gasteiger partial charge on any atom is -0.458 e. The molecule has 0 aromatic carbocycles. The Morgan fingerprint density at radius 3 is 1.95 bits per heavy atom. The first-order chi connectivity index (χ1) is 8.38. The molecule has 0 amide bonds. The van der Waals surface area contributed by atoms with Gasteiger partial charge in [-0.25, -0.2) is 4.79 Å². The first-order valence-electron chi connectivity index (χ1n) is 5.41. The lowest BCUT2D eigenvalue weighted by Gasteiger charge is -2.27. The maximum atomic E-state index is 12.8. The predicted molar refractivity (Wildman–Crippen MR) is 51.0 cm³/mol. The van der Waals surface area contributed by atoms with E-state index < -0.39 is 30.1 Å². The fourth-order valence-electron chi connectivity index (χ4n) is 1.11. The number of hydrogen-bond donors (Lipinski definition) is 0. The zero-order valence-corrected chi connectivity index (χ0v) is 10.2. The highest BCUT2D eigenvalue weighted by atomic mass is 19.4. The number of halogens is 7. The van der Waals surface area contributed by atoms with Gasteiger partial charge in [0.2, 0.25) is 0 Å². The van der Waals surface area contributed by atoms with Crippen LogP contribution in [0.3, 0.4) is 0 Å². The van der Waals surface area contributed by atoms with Gasteiger partial charge in [0.25, 0.3) is 0 Å². The van der Waals surface area contributed by atoms with E-state index in [1.807, 2.05) is 0 Å². The number of esters is 1. The fourth-order valence-corrected chi connectivity index (χ4v) is 1.11. The minimum atomic E-state index is -6.54. The molecule has 0 aliphatic carbocycles. The number of rotatable bonds is 6. The van der Waals surface area contributed by atoms with Crippen LogP contribution in [0.4, 0.5) is 30.7 Å². The summed E-state index contributed by atoms with van der Waals surface area (Å²) < 4.78 is 89.9. The molecule has 0 rings (SSSR count). The quantitative estimate of drug-likeness (QED) is 0.548. The average Bonchev–Trinajstić information content (AvgIpc) is 2.24. The van der Waals surface area contributed by atoms with Gasteiger partial charge in [0.05, 0.1) is 6.10 Å². The van der Waals surface area contributed by atoms with E-state index in [9.17, 15) is 35.5 Å². The van der Waals surface area contributed by atoms with Crippen molar-refractivity contribution in [3.8, 4) is 0 Å². The molecule has 0 aromatic rings. The summed E-state index contributed by atoms with van der Waals surface area (Å²) in [5, 5.41) is 0. The van der Waals surface area contributed by atoms with Gasteiger partial charge in [-0.1, -0.05) is 19.8 Å². The second-order valence-electron chi connectivity index (χ2n) is 4.00. The summed E-state index contributed by atoms with van der Waals surface area (Å²) in [4.78, 5) is 10.8. The highest BCUT2D eigenvalue weighted by Gasteiger charge is 2.77. The molecule has 0 heterocycles. The molecule has 9 heteroatoms. The average molecular weight is 298 g/mol. The van der Waals surface area contributed by atoms with E-state index >= 15 is 0 Å². The second-order valence-corrected chi connectivity index (χ2v) is 4.00. The number of hydrogen-bond acceptors (Lipinski definition) is 2. The molecule has 0 aliphatic rings. The molecule has 0 aromatic heterocycles. The maximum absolute atomic E-state index is 12.8. The van der Waals surface area contributed by atoms with Crippen LogP contribution < -0.4 is 0 Å². The normalized spacial score (nSPS) is 15.2. The summed E-state index contributed by atoms with van der Waals surface area (Å²) in [5.41, 5.74) is 0. The van der Waals surface area contributed by atoms with Crippen LogP contribution in [0.15, 0.2) is 0 Å². The van der Waals surface area contributed by atoms with Gasteiger partial charge >= 0.3 is 24.0 Å². The topological polar surface area (TPSA) is 26.3 Å². The Morgan fingerprint density at radius 1 is 1.11 bits per heavy atom. The molecule has 0 fully saturated rings. The first-order valence-corrected chi connectivity index (χ1v) is 5.41. The van der Waals surface area contributed by atoms with Crippen LogP contribution in [-0.2, 0) is 9.53 Å². The number of unbranched alkanes of at least 4 members (excludes halogenated alkanes) is 1. The third-order valence-electron chi connectivity index (χ3n) is 2.28. The van der Waals surface area contributed by atoms with Gasteiger partial charge in [-0.3, -0.25) is 0 Å². The lowest BCUT2D eigenvalue weighted by molar-refractivity contribution is -0.349. The molecule has 0 bridgehead atoms. The lowest BCUT2D eigenvalue weighted by Crippen LogP contribution is -2.57. The van der Waals surface area contributed by atoms with Crippen molar-refractivity contribution in [3.63, 3.8) is 0 Å². The molecular formula is C10H13F7O2. The number of ether oxygens (including phenoxy) is 1. The molecule has 1 unspecified atom stereocenters. The van der Waals surface area contributed by atoms with Crippen molar-refractivity contribution in [1.29, 1.82) is 0 Å². The van der Waals surface area contributed by atoms with Crippen molar-refractivity contribution in [2.24, 2.45) is 0 Å². The van der Waals surface area contributed by atoms with Crippen LogP contribution in [0.5, 0.6) is 0 Å². The van der Waals surface area contributed by atoms with Crippen LogP contribution in [0, 0.1) is 0 Å². The van der Waals surface area contributed by atoms with Crippen molar-refractivity contribution < 1.29 is 40.3 Å². The molecule has 1 atom stereocenters. The molecule has 0 radical (unpaired) electrons. The van der Waals surface area contributed by atoms with E-state index in [1.165, 1.54) is 0 Å². The van der Waals surface area contributed by atoms with E-state index in [-0.39, 0.29) is 6.42 Å². The van der Waals surface area contributed by atoms with Crippen LogP contribution in [-0.4, -0.2) is 30.1 Å². The van der Waals surface area contributed by atoms with Gasteiger partial charge < -0.3 is 4.74 Å². The summed E-state index contributed by atoms with van der Waals surface area (Å²) in [6, 6.07) is 0. The van der Waals surface area contributed by atoms with Crippen LogP contribution in [0.25, 0.3) is 0 Å². The Labute approximate surface area is 104 Å². The van der Waals surface area contributed by atoms with Gasteiger partial charge in [0, 0.05) is 0 Å². The summed E-state index contributed by atoms with van der Waals surface area (Å²) >= 11 is 0. The van der Waals surface area contributed by atoms with Gasteiger partial charge in [0.15, 0.2) is 0 Å². The Hall–Kier alpha value is -1.02. The zero-order valence-electron chi connectivity index (χ0n) is 10.2. The summed E-state index contributed by atoms with van der Waals surface area (Å²) in [5.74, 6) is -15.3. The second kappa shape index (κ2) is 5.96. The minimum absolute atomic E-state index is 0.0932.